The largest absolute Gasteiger partial charge is 0.419 e. The summed E-state index contributed by atoms with van der Waals surface area (Å²) in [5.41, 5.74) is 0.152. The van der Waals surface area contributed by atoms with E-state index in [1.165, 1.54) is 16.8 Å². The lowest BCUT2D eigenvalue weighted by Crippen LogP contribution is -2.25. The summed E-state index contributed by atoms with van der Waals surface area (Å²) in [4.78, 5) is 10.8. The van der Waals surface area contributed by atoms with E-state index in [2.05, 4.69) is 20.2 Å². The summed E-state index contributed by atoms with van der Waals surface area (Å²) in [6, 6.07) is 4.39. The van der Waals surface area contributed by atoms with Gasteiger partial charge in [-0.3, -0.25) is 4.98 Å². The molecule has 0 N–H and O–H groups in total. The van der Waals surface area contributed by atoms with Crippen molar-refractivity contribution >= 4 is 11.5 Å². The molecule has 1 atom stereocenters. The third-order valence-corrected chi connectivity index (χ3v) is 5.14. The number of alkyl halides is 3. The van der Waals surface area contributed by atoms with Crippen LogP contribution < -0.4 is 4.90 Å². The Balaban J connectivity index is 1.54. The third-order valence-electron chi connectivity index (χ3n) is 5.14. The molecule has 30 heavy (non-hydrogen) atoms. The van der Waals surface area contributed by atoms with E-state index in [-0.39, 0.29) is 11.9 Å². The highest BCUT2D eigenvalue weighted by Gasteiger charge is 2.33. The molecule has 7 nitrogen and oxygen atoms in total. The molecule has 4 aromatic rings. The number of nitrogens with zero attached hydrogens (tertiary/aromatic N) is 7. The van der Waals surface area contributed by atoms with Gasteiger partial charge in [-0.25, -0.2) is 18.6 Å². The van der Waals surface area contributed by atoms with Gasteiger partial charge < -0.3 is 4.90 Å². The molecule has 154 valence electrons. The highest BCUT2D eigenvalue weighted by molar-refractivity contribution is 5.61. The molecular formula is C19H15F4N7. The number of aromatic nitrogens is 6. The minimum Gasteiger partial charge on any atom is -0.348 e. The molecule has 0 spiro atoms. The first-order chi connectivity index (χ1) is 14.4. The summed E-state index contributed by atoms with van der Waals surface area (Å²) >= 11 is 0. The number of rotatable bonds is 3. The van der Waals surface area contributed by atoms with Crippen LogP contribution in [0.15, 0.2) is 49.2 Å². The van der Waals surface area contributed by atoms with Crippen LogP contribution in [0.1, 0.15) is 30.1 Å². The van der Waals surface area contributed by atoms with Crippen LogP contribution in [0.4, 0.5) is 23.4 Å². The highest BCUT2D eigenvalue weighted by Crippen LogP contribution is 2.36. The summed E-state index contributed by atoms with van der Waals surface area (Å²) in [6.45, 7) is 0.660. The average molecular weight is 417 g/mol. The van der Waals surface area contributed by atoms with Crippen LogP contribution >= 0.6 is 0 Å². The van der Waals surface area contributed by atoms with Crippen LogP contribution in [0.25, 0.3) is 11.3 Å². The smallest absolute Gasteiger partial charge is 0.348 e. The third kappa shape index (κ3) is 3.06. The zero-order valence-corrected chi connectivity index (χ0v) is 15.5. The van der Waals surface area contributed by atoms with Gasteiger partial charge in [0.2, 0.25) is 0 Å². The fourth-order valence-electron chi connectivity index (χ4n) is 3.74. The molecule has 11 heteroatoms. The van der Waals surface area contributed by atoms with Crippen molar-refractivity contribution in [3.63, 3.8) is 0 Å². The predicted octanol–water partition coefficient (Wildman–Crippen LogP) is 3.81. The van der Waals surface area contributed by atoms with Gasteiger partial charge in [-0.1, -0.05) is 0 Å². The van der Waals surface area contributed by atoms with Crippen LogP contribution in [0, 0.1) is 5.82 Å². The second kappa shape index (κ2) is 6.78. The number of hydrogen-bond donors (Lipinski definition) is 0. The standard InChI is InChI=1S/C19H15F4N7/c20-13-3-1-6-24-17(13)14-4-2-7-28(14)16-5-8-29-18(27-16)15(10-26-29)30-11-12(9-25-30)19(21,22)23/h1,3,5-6,8-11,14H,2,4,7H2. The van der Waals surface area contributed by atoms with Gasteiger partial charge in [0.15, 0.2) is 5.65 Å². The van der Waals surface area contributed by atoms with Crippen molar-refractivity contribution in [3.05, 3.63) is 66.3 Å². The maximum absolute atomic E-state index is 14.3. The van der Waals surface area contributed by atoms with Gasteiger partial charge >= 0.3 is 6.18 Å². The summed E-state index contributed by atoms with van der Waals surface area (Å²) in [6.07, 6.45) is 3.35. The van der Waals surface area contributed by atoms with Crippen molar-refractivity contribution in [3.8, 4) is 5.69 Å². The van der Waals surface area contributed by atoms with Crippen LogP contribution in [0.5, 0.6) is 0 Å². The summed E-state index contributed by atoms with van der Waals surface area (Å²) in [5, 5.41) is 7.95. The average Bonchev–Trinajstić information content (AvgIpc) is 3.45. The van der Waals surface area contributed by atoms with Gasteiger partial charge in [-0.05, 0) is 31.0 Å². The van der Waals surface area contributed by atoms with Gasteiger partial charge in [0, 0.05) is 25.1 Å². The van der Waals surface area contributed by atoms with Crippen LogP contribution in [0.2, 0.25) is 0 Å². The van der Waals surface area contributed by atoms with Gasteiger partial charge in [0.25, 0.3) is 0 Å². The van der Waals surface area contributed by atoms with E-state index < -0.39 is 11.7 Å². The van der Waals surface area contributed by atoms with Crippen molar-refractivity contribution < 1.29 is 17.6 Å². The zero-order valence-electron chi connectivity index (χ0n) is 15.5. The van der Waals surface area contributed by atoms with E-state index >= 15 is 0 Å². The molecular weight excluding hydrogens is 402 g/mol. The SMILES string of the molecule is Fc1cccnc1C1CCCN1c1ccn2ncc(-n3cc(C(F)(F)F)cn3)c2n1. The maximum atomic E-state index is 14.3. The number of pyridine rings is 1. The minimum absolute atomic E-state index is 0.269. The van der Waals surface area contributed by atoms with E-state index in [4.69, 9.17) is 0 Å². The Morgan fingerprint density at radius 2 is 1.97 bits per heavy atom. The molecule has 1 aliphatic rings. The van der Waals surface area contributed by atoms with Crippen molar-refractivity contribution in [1.82, 2.24) is 29.4 Å². The van der Waals surface area contributed by atoms with Crippen LogP contribution in [-0.2, 0) is 6.18 Å². The fourth-order valence-corrected chi connectivity index (χ4v) is 3.74. The van der Waals surface area contributed by atoms with Crippen molar-refractivity contribution in [2.24, 2.45) is 0 Å². The van der Waals surface area contributed by atoms with Crippen molar-refractivity contribution in [2.45, 2.75) is 25.1 Å². The molecule has 0 bridgehead atoms. The first kappa shape index (κ1) is 18.5. The normalized spacial score (nSPS) is 17.2. The topological polar surface area (TPSA) is 64.1 Å². The van der Waals surface area contributed by atoms with Gasteiger partial charge in [0.05, 0.1) is 29.7 Å². The van der Waals surface area contributed by atoms with E-state index in [1.807, 2.05) is 4.90 Å². The Morgan fingerprint density at radius 3 is 2.73 bits per heavy atom. The molecule has 5 rings (SSSR count). The molecule has 0 aliphatic carbocycles. The lowest BCUT2D eigenvalue weighted by atomic mass is 10.1. The monoisotopic (exact) mass is 417 g/mol. The number of halogens is 4. The molecule has 4 aromatic heterocycles. The van der Waals surface area contributed by atoms with Gasteiger partial charge in [-0.15, -0.1) is 0 Å². The number of fused-ring (bicyclic) bond motifs is 1. The predicted molar refractivity (Wildman–Crippen MR) is 98.6 cm³/mol. The Bertz CT molecular complexity index is 1210. The Morgan fingerprint density at radius 1 is 1.10 bits per heavy atom. The van der Waals surface area contributed by atoms with Gasteiger partial charge in [0.1, 0.15) is 17.3 Å². The van der Waals surface area contributed by atoms with Crippen LogP contribution in [-0.4, -0.2) is 35.9 Å². The Hall–Kier alpha value is -3.50. The second-order valence-electron chi connectivity index (χ2n) is 6.98. The van der Waals surface area contributed by atoms with Crippen molar-refractivity contribution in [1.29, 1.82) is 0 Å². The number of anilines is 1. The first-order valence-electron chi connectivity index (χ1n) is 9.25. The van der Waals surface area contributed by atoms with E-state index in [0.717, 1.165) is 29.9 Å². The van der Waals surface area contributed by atoms with E-state index in [0.29, 0.717) is 29.4 Å². The molecule has 0 saturated carbocycles. The molecule has 1 unspecified atom stereocenters. The zero-order chi connectivity index (χ0) is 20.9. The second-order valence-corrected chi connectivity index (χ2v) is 6.98. The fraction of sp³-hybridized carbons (Fsp3) is 0.263. The lowest BCUT2D eigenvalue weighted by Gasteiger charge is -2.25. The molecule has 0 radical (unpaired) electrons. The van der Waals surface area contributed by atoms with E-state index in [9.17, 15) is 17.6 Å². The quantitative estimate of drug-likeness (QED) is 0.475. The summed E-state index contributed by atoms with van der Waals surface area (Å²) < 4.78 is 55.6. The molecule has 1 aliphatic heterocycles. The highest BCUT2D eigenvalue weighted by atomic mass is 19.4. The lowest BCUT2D eigenvalue weighted by molar-refractivity contribution is -0.137. The van der Waals surface area contributed by atoms with E-state index in [1.54, 1.807) is 24.5 Å². The molecule has 0 aromatic carbocycles. The molecule has 1 saturated heterocycles. The molecule has 5 heterocycles. The maximum Gasteiger partial charge on any atom is 0.419 e. The van der Waals surface area contributed by atoms with Crippen LogP contribution in [0.3, 0.4) is 0 Å². The first-order valence-corrected chi connectivity index (χ1v) is 9.25. The summed E-state index contributed by atoms with van der Waals surface area (Å²) in [5.74, 6) is 0.191. The summed E-state index contributed by atoms with van der Waals surface area (Å²) in [7, 11) is 0. The molecule has 0 amide bonds. The Kier molecular flexibility index (Phi) is 4.19. The molecule has 1 fully saturated rings. The Labute approximate surface area is 167 Å². The number of hydrogen-bond acceptors (Lipinski definition) is 5. The minimum atomic E-state index is -4.49. The van der Waals surface area contributed by atoms with Crippen molar-refractivity contribution in [2.75, 3.05) is 11.4 Å². The van der Waals surface area contributed by atoms with Gasteiger partial charge in [-0.2, -0.15) is 23.4 Å².